The van der Waals surface area contributed by atoms with Crippen LogP contribution in [0.25, 0.3) is 0 Å². The molecule has 2 aromatic heterocycles. The van der Waals surface area contributed by atoms with E-state index < -0.39 is 5.97 Å². The van der Waals surface area contributed by atoms with E-state index in [1.807, 2.05) is 25.0 Å². The van der Waals surface area contributed by atoms with Gasteiger partial charge in [0.05, 0.1) is 34.2 Å². The first-order valence-corrected chi connectivity index (χ1v) is 20.9. The molecule has 52 heavy (non-hydrogen) atoms. The van der Waals surface area contributed by atoms with Gasteiger partial charge in [0, 0.05) is 50.8 Å². The molecule has 4 aliphatic rings. The molecule has 4 heterocycles. The monoisotopic (exact) mass is 739 g/mol. The summed E-state index contributed by atoms with van der Waals surface area (Å²) in [5.41, 5.74) is 12.5. The molecule has 2 unspecified atom stereocenters. The Labute approximate surface area is 316 Å². The SMILES string of the molecule is CN(C)C(=O)C(Cc1cscn1)CN1CCC2(CCc3ccccc32)CC1.O=C(O)C(Cc1cscn1)CN1CCC2(CCc3ccccc32)CC1. The molecular weight excluding hydrogens is 687 g/mol. The number of carbonyl (C=O) groups excluding carboxylic acids is 1. The van der Waals surface area contributed by atoms with E-state index in [0.717, 1.165) is 63.4 Å². The van der Waals surface area contributed by atoms with E-state index in [0.29, 0.717) is 23.8 Å². The lowest BCUT2D eigenvalue weighted by Gasteiger charge is -2.41. The molecule has 0 radical (unpaired) electrons. The number of fused-ring (bicyclic) bond motifs is 4. The summed E-state index contributed by atoms with van der Waals surface area (Å²) in [6, 6.07) is 17.9. The standard InChI is InChI=1S/C22H29N3OS.C20H24N2O2S/c1-24(2)21(26)18(13-19-15-27-16-23-19)14-25-11-9-22(10-12-25)8-7-17-5-3-4-6-20(17)22;23-19(24)16(11-17-13-25-14-21-17)12-22-9-7-20(8-10-22)6-5-15-3-1-2-4-18(15)20/h3-6,15-16,18H,7-14H2,1-2H3;1-4,13-14,16H,5-12H2,(H,23,24). The molecule has 0 saturated carbocycles. The van der Waals surface area contributed by atoms with Crippen LogP contribution in [0.15, 0.2) is 70.3 Å². The average molecular weight is 740 g/mol. The second-order valence-corrected chi connectivity index (χ2v) is 17.2. The number of aliphatic carboxylic acids is 1. The fourth-order valence-electron chi connectivity index (χ4n) is 9.52. The predicted molar refractivity (Wildman–Crippen MR) is 209 cm³/mol. The van der Waals surface area contributed by atoms with E-state index in [2.05, 4.69) is 73.7 Å². The molecule has 2 fully saturated rings. The maximum absolute atomic E-state index is 12.7. The van der Waals surface area contributed by atoms with Crippen LogP contribution in [0.5, 0.6) is 0 Å². The Morgan fingerprint density at radius 2 is 1.15 bits per heavy atom. The number of carboxylic acids is 1. The van der Waals surface area contributed by atoms with Crippen LogP contribution in [0.1, 0.15) is 72.2 Å². The summed E-state index contributed by atoms with van der Waals surface area (Å²) in [6.45, 7) is 5.63. The number of benzene rings is 2. The van der Waals surface area contributed by atoms with Gasteiger partial charge in [-0.05, 0) is 111 Å². The molecule has 8 nitrogen and oxygen atoms in total. The number of rotatable bonds is 10. The number of aromatic nitrogens is 2. The minimum Gasteiger partial charge on any atom is -0.481 e. The van der Waals surface area contributed by atoms with Crippen molar-refractivity contribution in [1.82, 2.24) is 24.7 Å². The van der Waals surface area contributed by atoms with Crippen LogP contribution in [0.4, 0.5) is 0 Å². The number of piperidine rings is 2. The van der Waals surface area contributed by atoms with Crippen LogP contribution >= 0.6 is 22.7 Å². The number of aryl methyl sites for hydroxylation is 2. The highest BCUT2D eigenvalue weighted by Crippen LogP contribution is 2.47. The quantitative estimate of drug-likeness (QED) is 0.193. The molecule has 276 valence electrons. The molecule has 2 spiro atoms. The first-order chi connectivity index (χ1) is 25.2. The number of likely N-dealkylation sites (tertiary alicyclic amines) is 2. The van der Waals surface area contributed by atoms with Crippen molar-refractivity contribution < 1.29 is 14.7 Å². The third kappa shape index (κ3) is 8.20. The summed E-state index contributed by atoms with van der Waals surface area (Å²) in [4.78, 5) is 39.6. The maximum Gasteiger partial charge on any atom is 0.308 e. The minimum absolute atomic E-state index is 0.00739. The van der Waals surface area contributed by atoms with Crippen molar-refractivity contribution in [1.29, 1.82) is 0 Å². The fourth-order valence-corrected chi connectivity index (χ4v) is 10.7. The van der Waals surface area contributed by atoms with Crippen molar-refractivity contribution in [3.05, 3.63) is 104 Å². The normalized spacial score (nSPS) is 20.1. The third-order valence-corrected chi connectivity index (χ3v) is 13.8. The van der Waals surface area contributed by atoms with E-state index >= 15 is 0 Å². The zero-order valence-electron chi connectivity index (χ0n) is 30.7. The summed E-state index contributed by atoms with van der Waals surface area (Å²) >= 11 is 3.13. The van der Waals surface area contributed by atoms with E-state index in [1.165, 1.54) is 55.4 Å². The first kappa shape index (κ1) is 36.9. The van der Waals surface area contributed by atoms with Gasteiger partial charge in [0.1, 0.15) is 0 Å². The van der Waals surface area contributed by atoms with E-state index in [9.17, 15) is 14.7 Å². The second-order valence-electron chi connectivity index (χ2n) is 15.8. The van der Waals surface area contributed by atoms with Crippen LogP contribution in [0.3, 0.4) is 0 Å². The van der Waals surface area contributed by atoms with Gasteiger partial charge >= 0.3 is 5.97 Å². The smallest absolute Gasteiger partial charge is 0.308 e. The Morgan fingerprint density at radius 3 is 1.58 bits per heavy atom. The lowest BCUT2D eigenvalue weighted by molar-refractivity contribution is -0.142. The van der Waals surface area contributed by atoms with Crippen LogP contribution < -0.4 is 0 Å². The topological polar surface area (TPSA) is 89.9 Å². The van der Waals surface area contributed by atoms with Crippen molar-refractivity contribution in [3.8, 4) is 0 Å². The predicted octanol–water partition coefficient (Wildman–Crippen LogP) is 6.74. The van der Waals surface area contributed by atoms with Crippen LogP contribution in [0, 0.1) is 11.8 Å². The Bertz CT molecular complexity index is 1780. The van der Waals surface area contributed by atoms with E-state index in [-0.39, 0.29) is 17.7 Å². The molecule has 2 aliphatic heterocycles. The molecule has 10 heteroatoms. The van der Waals surface area contributed by atoms with Gasteiger partial charge in [-0.3, -0.25) is 9.59 Å². The molecule has 2 atom stereocenters. The van der Waals surface area contributed by atoms with Crippen LogP contribution in [0.2, 0.25) is 0 Å². The van der Waals surface area contributed by atoms with Gasteiger partial charge in [-0.15, -0.1) is 22.7 Å². The van der Waals surface area contributed by atoms with Gasteiger partial charge in [-0.1, -0.05) is 48.5 Å². The summed E-state index contributed by atoms with van der Waals surface area (Å²) in [6.07, 6.45) is 10.9. The summed E-state index contributed by atoms with van der Waals surface area (Å²) in [5, 5.41) is 13.6. The highest BCUT2D eigenvalue weighted by Gasteiger charge is 2.42. The van der Waals surface area contributed by atoms with Crippen molar-refractivity contribution >= 4 is 34.6 Å². The molecule has 1 N–H and O–H groups in total. The zero-order chi connectivity index (χ0) is 36.1. The lowest BCUT2D eigenvalue weighted by Crippen LogP contribution is -2.46. The van der Waals surface area contributed by atoms with E-state index in [1.54, 1.807) is 38.4 Å². The van der Waals surface area contributed by atoms with Gasteiger partial charge in [0.25, 0.3) is 0 Å². The fraction of sp³-hybridized carbons (Fsp3) is 0.524. The number of thiazole rings is 2. The Balaban J connectivity index is 0.000000162. The lowest BCUT2D eigenvalue weighted by atomic mass is 9.73. The molecule has 1 amide bonds. The maximum atomic E-state index is 12.7. The molecule has 2 saturated heterocycles. The molecule has 8 rings (SSSR count). The molecule has 2 aliphatic carbocycles. The minimum atomic E-state index is -0.709. The van der Waals surface area contributed by atoms with Gasteiger partial charge in [-0.25, -0.2) is 9.97 Å². The highest BCUT2D eigenvalue weighted by molar-refractivity contribution is 7.07. The molecule has 0 bridgehead atoms. The average Bonchev–Trinajstić information content (AvgIpc) is 3.99. The van der Waals surface area contributed by atoms with Gasteiger partial charge in [0.15, 0.2) is 0 Å². The Morgan fingerprint density at radius 1 is 0.712 bits per heavy atom. The molecular formula is C42H53N5O3S2. The second kappa shape index (κ2) is 16.3. The first-order valence-electron chi connectivity index (χ1n) is 19.0. The summed E-state index contributed by atoms with van der Waals surface area (Å²) < 4.78 is 0. The van der Waals surface area contributed by atoms with Crippen molar-refractivity contribution in [3.63, 3.8) is 0 Å². The van der Waals surface area contributed by atoms with Gasteiger partial charge in [0.2, 0.25) is 5.91 Å². The van der Waals surface area contributed by atoms with Gasteiger partial charge < -0.3 is 19.8 Å². The van der Waals surface area contributed by atoms with Crippen molar-refractivity contribution in [2.75, 3.05) is 53.4 Å². The highest BCUT2D eigenvalue weighted by atomic mass is 32.1. The number of hydrogen-bond acceptors (Lipinski definition) is 8. The van der Waals surface area contributed by atoms with E-state index in [4.69, 9.17) is 0 Å². The number of hydrogen-bond donors (Lipinski definition) is 1. The summed E-state index contributed by atoms with van der Waals surface area (Å²) in [7, 11) is 3.72. The summed E-state index contributed by atoms with van der Waals surface area (Å²) in [5.74, 6) is -0.868. The number of carbonyl (C=O) groups is 2. The largest absolute Gasteiger partial charge is 0.481 e. The molecule has 4 aromatic rings. The van der Waals surface area contributed by atoms with Gasteiger partial charge in [-0.2, -0.15) is 0 Å². The number of carboxylic acid groups (broad SMARTS) is 1. The van der Waals surface area contributed by atoms with Crippen LogP contribution in [-0.2, 0) is 46.1 Å². The zero-order valence-corrected chi connectivity index (χ0v) is 32.3. The van der Waals surface area contributed by atoms with Crippen LogP contribution in [-0.4, -0.2) is 95.0 Å². The Kier molecular flexibility index (Phi) is 11.6. The number of amides is 1. The third-order valence-electron chi connectivity index (χ3n) is 12.5. The number of nitrogens with zero attached hydrogens (tertiary/aromatic N) is 5. The Hall–Kier alpha value is -3.44. The van der Waals surface area contributed by atoms with Crippen molar-refractivity contribution in [2.45, 2.75) is 75.0 Å². The van der Waals surface area contributed by atoms with Crippen molar-refractivity contribution in [2.24, 2.45) is 11.8 Å². The molecule has 2 aromatic carbocycles.